The number of hydrogen-bond donors (Lipinski definition) is 1. The SMILES string of the molecule is COc1ccc(NC(=O)c2cc(C(C)C)n3nccc3n2)cc1F. The second-order valence-electron chi connectivity index (χ2n) is 5.63. The molecule has 24 heavy (non-hydrogen) atoms. The largest absolute Gasteiger partial charge is 0.494 e. The van der Waals surface area contributed by atoms with Gasteiger partial charge in [0, 0.05) is 23.5 Å². The summed E-state index contributed by atoms with van der Waals surface area (Å²) in [6.45, 7) is 4.02. The van der Waals surface area contributed by atoms with Gasteiger partial charge in [-0.3, -0.25) is 4.79 Å². The van der Waals surface area contributed by atoms with E-state index in [0.717, 1.165) is 5.69 Å². The lowest BCUT2D eigenvalue weighted by molar-refractivity contribution is 0.102. The Kier molecular flexibility index (Phi) is 4.16. The molecular formula is C17H17FN4O2. The molecule has 1 aromatic carbocycles. The molecule has 0 unspecified atom stereocenters. The van der Waals surface area contributed by atoms with Crippen LogP contribution < -0.4 is 10.1 Å². The summed E-state index contributed by atoms with van der Waals surface area (Å²) in [6, 6.07) is 7.66. The third-order valence-electron chi connectivity index (χ3n) is 3.62. The molecule has 0 aliphatic heterocycles. The number of amides is 1. The molecule has 0 fully saturated rings. The van der Waals surface area contributed by atoms with Gasteiger partial charge in [-0.25, -0.2) is 13.9 Å². The second kappa shape index (κ2) is 6.27. The molecule has 3 aromatic rings. The Morgan fingerprint density at radius 3 is 2.75 bits per heavy atom. The quantitative estimate of drug-likeness (QED) is 0.798. The molecular weight excluding hydrogens is 311 g/mol. The van der Waals surface area contributed by atoms with Gasteiger partial charge in [-0.2, -0.15) is 5.10 Å². The summed E-state index contributed by atoms with van der Waals surface area (Å²) in [5.41, 5.74) is 2.05. The lowest BCUT2D eigenvalue weighted by Crippen LogP contribution is -2.16. The summed E-state index contributed by atoms with van der Waals surface area (Å²) in [5.74, 6) is -0.670. The van der Waals surface area contributed by atoms with Gasteiger partial charge in [0.2, 0.25) is 0 Å². The number of halogens is 1. The van der Waals surface area contributed by atoms with E-state index in [-0.39, 0.29) is 17.4 Å². The van der Waals surface area contributed by atoms with Gasteiger partial charge < -0.3 is 10.1 Å². The second-order valence-corrected chi connectivity index (χ2v) is 5.63. The Bertz CT molecular complexity index is 905. The van der Waals surface area contributed by atoms with Crippen molar-refractivity contribution < 1.29 is 13.9 Å². The van der Waals surface area contributed by atoms with Crippen molar-refractivity contribution in [1.29, 1.82) is 0 Å². The lowest BCUT2D eigenvalue weighted by atomic mass is 10.1. The summed E-state index contributed by atoms with van der Waals surface area (Å²) < 4.78 is 20.3. The Labute approximate surface area is 138 Å². The first kappa shape index (κ1) is 15.9. The predicted octanol–water partition coefficient (Wildman–Crippen LogP) is 3.25. The van der Waals surface area contributed by atoms with E-state index in [0.29, 0.717) is 11.3 Å². The van der Waals surface area contributed by atoms with Gasteiger partial charge in [-0.05, 0) is 24.1 Å². The van der Waals surface area contributed by atoms with Crippen LogP contribution in [0.2, 0.25) is 0 Å². The van der Waals surface area contributed by atoms with Crippen molar-refractivity contribution in [2.45, 2.75) is 19.8 Å². The monoisotopic (exact) mass is 328 g/mol. The van der Waals surface area contributed by atoms with Gasteiger partial charge in [0.25, 0.3) is 5.91 Å². The van der Waals surface area contributed by atoms with Gasteiger partial charge in [-0.1, -0.05) is 13.8 Å². The number of fused-ring (bicyclic) bond motifs is 1. The van der Waals surface area contributed by atoms with Crippen LogP contribution in [0.25, 0.3) is 5.65 Å². The fourth-order valence-corrected chi connectivity index (χ4v) is 2.40. The first-order valence-electron chi connectivity index (χ1n) is 7.49. The highest BCUT2D eigenvalue weighted by Crippen LogP contribution is 2.22. The van der Waals surface area contributed by atoms with Crippen LogP contribution in [-0.2, 0) is 0 Å². The lowest BCUT2D eigenvalue weighted by Gasteiger charge is -2.11. The molecule has 7 heteroatoms. The third kappa shape index (κ3) is 2.92. The summed E-state index contributed by atoms with van der Waals surface area (Å²) >= 11 is 0. The number of aromatic nitrogens is 3. The maximum atomic E-state index is 13.7. The Morgan fingerprint density at radius 2 is 2.08 bits per heavy atom. The molecule has 1 N–H and O–H groups in total. The van der Waals surface area contributed by atoms with E-state index in [4.69, 9.17) is 4.74 Å². The molecule has 0 saturated heterocycles. The van der Waals surface area contributed by atoms with Crippen molar-refractivity contribution in [3.8, 4) is 5.75 Å². The van der Waals surface area contributed by atoms with E-state index in [9.17, 15) is 9.18 Å². The van der Waals surface area contributed by atoms with Crippen LogP contribution in [0.1, 0.15) is 35.9 Å². The Morgan fingerprint density at radius 1 is 1.29 bits per heavy atom. The zero-order valence-electron chi connectivity index (χ0n) is 13.6. The fraction of sp³-hybridized carbons (Fsp3) is 0.235. The maximum absolute atomic E-state index is 13.7. The first-order valence-corrected chi connectivity index (χ1v) is 7.49. The first-order chi connectivity index (χ1) is 11.5. The zero-order chi connectivity index (χ0) is 17.3. The van der Waals surface area contributed by atoms with Crippen LogP contribution in [0.4, 0.5) is 10.1 Å². The van der Waals surface area contributed by atoms with E-state index >= 15 is 0 Å². The number of benzene rings is 1. The number of hydrogen-bond acceptors (Lipinski definition) is 4. The van der Waals surface area contributed by atoms with E-state index < -0.39 is 11.7 Å². The summed E-state index contributed by atoms with van der Waals surface area (Å²) in [6.07, 6.45) is 1.63. The Balaban J connectivity index is 1.92. The zero-order valence-corrected chi connectivity index (χ0v) is 13.6. The maximum Gasteiger partial charge on any atom is 0.274 e. The minimum Gasteiger partial charge on any atom is -0.494 e. The number of ether oxygens (including phenoxy) is 1. The van der Waals surface area contributed by atoms with Crippen LogP contribution in [0.5, 0.6) is 5.75 Å². The number of rotatable bonds is 4. The molecule has 3 rings (SSSR count). The minimum atomic E-state index is -0.544. The molecule has 0 saturated carbocycles. The molecule has 0 aliphatic rings. The predicted molar refractivity (Wildman–Crippen MR) is 88.0 cm³/mol. The number of nitrogens with one attached hydrogen (secondary N) is 1. The molecule has 6 nitrogen and oxygen atoms in total. The summed E-state index contributed by atoms with van der Waals surface area (Å²) in [4.78, 5) is 16.8. The van der Waals surface area contributed by atoms with Crippen molar-refractivity contribution in [1.82, 2.24) is 14.6 Å². The molecule has 0 atom stereocenters. The van der Waals surface area contributed by atoms with Crippen LogP contribution in [0.15, 0.2) is 36.5 Å². The molecule has 2 heterocycles. The molecule has 0 aliphatic carbocycles. The van der Waals surface area contributed by atoms with E-state index in [1.54, 1.807) is 28.9 Å². The van der Waals surface area contributed by atoms with Crippen molar-refractivity contribution >= 4 is 17.2 Å². The van der Waals surface area contributed by atoms with Gasteiger partial charge >= 0.3 is 0 Å². The highest BCUT2D eigenvalue weighted by Gasteiger charge is 2.15. The highest BCUT2D eigenvalue weighted by atomic mass is 19.1. The Hall–Kier alpha value is -2.96. The third-order valence-corrected chi connectivity index (χ3v) is 3.62. The fourth-order valence-electron chi connectivity index (χ4n) is 2.40. The van der Waals surface area contributed by atoms with Crippen molar-refractivity contribution in [3.63, 3.8) is 0 Å². The van der Waals surface area contributed by atoms with Gasteiger partial charge in [0.1, 0.15) is 5.69 Å². The van der Waals surface area contributed by atoms with Crippen molar-refractivity contribution in [2.24, 2.45) is 0 Å². The summed E-state index contributed by atoms with van der Waals surface area (Å²) in [7, 11) is 1.38. The number of carbonyl (C=O) groups is 1. The van der Waals surface area contributed by atoms with E-state index in [1.807, 2.05) is 13.8 Å². The van der Waals surface area contributed by atoms with Crippen LogP contribution >= 0.6 is 0 Å². The average molecular weight is 328 g/mol. The molecule has 1 amide bonds. The number of carbonyl (C=O) groups excluding carboxylic acids is 1. The molecule has 124 valence electrons. The molecule has 2 aromatic heterocycles. The molecule has 0 radical (unpaired) electrons. The average Bonchev–Trinajstić information content (AvgIpc) is 3.02. The number of methoxy groups -OCH3 is 1. The highest BCUT2D eigenvalue weighted by molar-refractivity contribution is 6.03. The summed E-state index contributed by atoms with van der Waals surface area (Å²) in [5, 5.41) is 6.86. The molecule has 0 bridgehead atoms. The van der Waals surface area contributed by atoms with Crippen molar-refractivity contribution in [2.75, 3.05) is 12.4 Å². The van der Waals surface area contributed by atoms with Gasteiger partial charge in [0.05, 0.1) is 13.3 Å². The van der Waals surface area contributed by atoms with Gasteiger partial charge in [-0.15, -0.1) is 0 Å². The van der Waals surface area contributed by atoms with E-state index in [2.05, 4.69) is 15.4 Å². The van der Waals surface area contributed by atoms with Crippen LogP contribution in [0.3, 0.4) is 0 Å². The van der Waals surface area contributed by atoms with Crippen molar-refractivity contribution in [3.05, 3.63) is 53.7 Å². The molecule has 0 spiro atoms. The van der Waals surface area contributed by atoms with E-state index in [1.165, 1.54) is 19.2 Å². The van der Waals surface area contributed by atoms with Crippen LogP contribution in [-0.4, -0.2) is 27.6 Å². The van der Waals surface area contributed by atoms with Gasteiger partial charge in [0.15, 0.2) is 17.2 Å². The van der Waals surface area contributed by atoms with Crippen LogP contribution in [0, 0.1) is 5.82 Å². The standard InChI is InChI=1S/C17H17FN4O2/c1-10(2)14-9-13(21-16-6-7-19-22(14)16)17(23)20-11-4-5-15(24-3)12(18)8-11/h4-10H,1-3H3,(H,20,23). The smallest absolute Gasteiger partial charge is 0.274 e. The normalized spacial score (nSPS) is 11.0. The minimum absolute atomic E-state index is 0.119. The number of nitrogens with zero attached hydrogens (tertiary/aromatic N) is 3. The topological polar surface area (TPSA) is 68.5 Å². The number of anilines is 1.